The zero-order valence-corrected chi connectivity index (χ0v) is 13.0. The Labute approximate surface area is 124 Å². The van der Waals surface area contributed by atoms with Crippen molar-refractivity contribution in [1.29, 1.82) is 0 Å². The van der Waals surface area contributed by atoms with E-state index in [-0.39, 0.29) is 10.6 Å². The van der Waals surface area contributed by atoms with Crippen LogP contribution in [0.1, 0.15) is 20.8 Å². The molecule has 6 heteroatoms. The van der Waals surface area contributed by atoms with Gasteiger partial charge in [0, 0.05) is 17.3 Å². The SMILES string of the molecule is CC(C)(C)NS(=O)(=O)c1ccc(-c2ncccc2O)cc1. The van der Waals surface area contributed by atoms with Crippen LogP contribution in [0.4, 0.5) is 0 Å². The van der Waals surface area contributed by atoms with Crippen LogP contribution < -0.4 is 4.72 Å². The van der Waals surface area contributed by atoms with Gasteiger partial charge in [-0.2, -0.15) is 0 Å². The topological polar surface area (TPSA) is 79.3 Å². The first kappa shape index (κ1) is 15.5. The van der Waals surface area contributed by atoms with Crippen LogP contribution in [0.5, 0.6) is 5.75 Å². The molecule has 1 heterocycles. The van der Waals surface area contributed by atoms with Crippen molar-refractivity contribution in [2.45, 2.75) is 31.2 Å². The summed E-state index contributed by atoms with van der Waals surface area (Å²) >= 11 is 0. The molecule has 2 aromatic rings. The molecule has 1 aromatic heterocycles. The van der Waals surface area contributed by atoms with E-state index in [0.29, 0.717) is 11.3 Å². The molecule has 0 aliphatic heterocycles. The molecule has 112 valence electrons. The van der Waals surface area contributed by atoms with E-state index in [1.807, 2.05) is 0 Å². The second-order valence-corrected chi connectivity index (χ2v) is 7.43. The van der Waals surface area contributed by atoms with E-state index >= 15 is 0 Å². The molecule has 1 aromatic carbocycles. The summed E-state index contributed by atoms with van der Waals surface area (Å²) in [5.41, 5.74) is 0.532. The predicted octanol–water partition coefficient (Wildman–Crippen LogP) is 2.53. The highest BCUT2D eigenvalue weighted by atomic mass is 32.2. The number of pyridine rings is 1. The van der Waals surface area contributed by atoms with Gasteiger partial charge in [0.15, 0.2) is 0 Å². The Hall–Kier alpha value is -1.92. The van der Waals surface area contributed by atoms with Gasteiger partial charge in [-0.25, -0.2) is 13.1 Å². The van der Waals surface area contributed by atoms with Crippen molar-refractivity contribution in [2.75, 3.05) is 0 Å². The van der Waals surface area contributed by atoms with E-state index in [0.717, 1.165) is 0 Å². The Balaban J connectivity index is 2.34. The van der Waals surface area contributed by atoms with Gasteiger partial charge in [-0.1, -0.05) is 12.1 Å². The van der Waals surface area contributed by atoms with Crippen molar-refractivity contribution in [2.24, 2.45) is 0 Å². The van der Waals surface area contributed by atoms with E-state index in [9.17, 15) is 13.5 Å². The summed E-state index contributed by atoms with van der Waals surface area (Å²) in [7, 11) is -3.56. The molecule has 2 N–H and O–H groups in total. The first-order valence-electron chi connectivity index (χ1n) is 6.47. The summed E-state index contributed by atoms with van der Waals surface area (Å²) in [6, 6.07) is 9.41. The fourth-order valence-corrected chi connectivity index (χ4v) is 3.29. The summed E-state index contributed by atoms with van der Waals surface area (Å²) in [4.78, 5) is 4.26. The molecule has 0 amide bonds. The molecule has 0 fully saturated rings. The van der Waals surface area contributed by atoms with Gasteiger partial charge in [-0.05, 0) is 45.0 Å². The summed E-state index contributed by atoms with van der Waals surface area (Å²) in [5.74, 6) is 0.0564. The van der Waals surface area contributed by atoms with Crippen LogP contribution in [0.25, 0.3) is 11.3 Å². The summed E-state index contributed by atoms with van der Waals surface area (Å²) < 4.78 is 27.0. The first-order chi connectivity index (χ1) is 9.69. The number of benzene rings is 1. The second-order valence-electron chi connectivity index (χ2n) is 5.75. The van der Waals surface area contributed by atoms with E-state index in [1.165, 1.54) is 18.2 Å². The average Bonchev–Trinajstić information content (AvgIpc) is 2.37. The maximum Gasteiger partial charge on any atom is 0.241 e. The Bertz CT molecular complexity index is 732. The van der Waals surface area contributed by atoms with Crippen LogP contribution in [0.2, 0.25) is 0 Å². The van der Waals surface area contributed by atoms with Gasteiger partial charge in [0.05, 0.1) is 4.90 Å². The number of aromatic hydroxyl groups is 1. The maximum atomic E-state index is 12.2. The van der Waals surface area contributed by atoms with Crippen molar-refractivity contribution in [1.82, 2.24) is 9.71 Å². The zero-order chi connectivity index (χ0) is 15.7. The molecule has 2 rings (SSSR count). The van der Waals surface area contributed by atoms with Crippen molar-refractivity contribution < 1.29 is 13.5 Å². The standard InChI is InChI=1S/C15H18N2O3S/c1-15(2,3)17-21(19,20)12-8-6-11(7-9-12)14-13(18)5-4-10-16-14/h4-10,17-18H,1-3H3. The molecule has 0 saturated heterocycles. The Kier molecular flexibility index (Phi) is 4.02. The number of nitrogens with one attached hydrogen (secondary N) is 1. The van der Waals surface area contributed by atoms with Crippen LogP contribution in [-0.2, 0) is 10.0 Å². The fourth-order valence-electron chi connectivity index (χ4n) is 1.87. The van der Waals surface area contributed by atoms with Crippen molar-refractivity contribution in [3.05, 3.63) is 42.6 Å². The van der Waals surface area contributed by atoms with Crippen molar-refractivity contribution in [3.63, 3.8) is 0 Å². The van der Waals surface area contributed by atoms with Crippen LogP contribution in [0.3, 0.4) is 0 Å². The molecule has 0 saturated carbocycles. The highest BCUT2D eigenvalue weighted by Crippen LogP contribution is 2.27. The third kappa shape index (κ3) is 3.80. The monoisotopic (exact) mass is 306 g/mol. The largest absolute Gasteiger partial charge is 0.506 e. The summed E-state index contributed by atoms with van der Waals surface area (Å²) in [5, 5.41) is 9.75. The quantitative estimate of drug-likeness (QED) is 0.913. The van der Waals surface area contributed by atoms with E-state index in [1.54, 1.807) is 45.2 Å². The van der Waals surface area contributed by atoms with Crippen LogP contribution in [0.15, 0.2) is 47.5 Å². The molecular weight excluding hydrogens is 288 g/mol. The lowest BCUT2D eigenvalue weighted by Crippen LogP contribution is -2.40. The number of hydrogen-bond acceptors (Lipinski definition) is 4. The van der Waals surface area contributed by atoms with Crippen LogP contribution >= 0.6 is 0 Å². The van der Waals surface area contributed by atoms with Gasteiger partial charge in [-0.15, -0.1) is 0 Å². The Morgan fingerprint density at radius 3 is 2.24 bits per heavy atom. The maximum absolute atomic E-state index is 12.2. The lowest BCUT2D eigenvalue weighted by atomic mass is 10.1. The summed E-state index contributed by atoms with van der Waals surface area (Å²) in [6.07, 6.45) is 1.57. The molecule has 21 heavy (non-hydrogen) atoms. The lowest BCUT2D eigenvalue weighted by molar-refractivity contribution is 0.475. The number of aromatic nitrogens is 1. The normalized spacial score (nSPS) is 12.3. The minimum absolute atomic E-state index is 0.0564. The Morgan fingerprint density at radius 1 is 1.10 bits per heavy atom. The van der Waals surface area contributed by atoms with Gasteiger partial charge in [0.2, 0.25) is 10.0 Å². The highest BCUT2D eigenvalue weighted by Gasteiger charge is 2.21. The average molecular weight is 306 g/mol. The van der Waals surface area contributed by atoms with E-state index in [4.69, 9.17) is 0 Å². The third-order valence-corrected chi connectivity index (χ3v) is 4.44. The van der Waals surface area contributed by atoms with Crippen molar-refractivity contribution >= 4 is 10.0 Å². The molecule has 0 aliphatic rings. The van der Waals surface area contributed by atoms with Gasteiger partial charge in [-0.3, -0.25) is 4.98 Å². The molecule has 0 bridgehead atoms. The second kappa shape index (κ2) is 5.46. The number of nitrogens with zero attached hydrogens (tertiary/aromatic N) is 1. The molecule has 0 unspecified atom stereocenters. The molecule has 0 atom stereocenters. The number of rotatable bonds is 3. The van der Waals surface area contributed by atoms with Crippen LogP contribution in [-0.4, -0.2) is 24.0 Å². The molecule has 0 aliphatic carbocycles. The lowest BCUT2D eigenvalue weighted by Gasteiger charge is -2.20. The van der Waals surface area contributed by atoms with Gasteiger partial charge >= 0.3 is 0 Å². The predicted molar refractivity (Wildman–Crippen MR) is 81.4 cm³/mol. The smallest absolute Gasteiger partial charge is 0.241 e. The molecular formula is C15H18N2O3S. The van der Waals surface area contributed by atoms with E-state index in [2.05, 4.69) is 9.71 Å². The molecule has 0 spiro atoms. The molecule has 0 radical (unpaired) electrons. The Morgan fingerprint density at radius 2 is 1.71 bits per heavy atom. The van der Waals surface area contributed by atoms with Gasteiger partial charge in [0.1, 0.15) is 11.4 Å². The zero-order valence-electron chi connectivity index (χ0n) is 12.2. The van der Waals surface area contributed by atoms with E-state index < -0.39 is 15.6 Å². The summed E-state index contributed by atoms with van der Waals surface area (Å²) in [6.45, 7) is 5.35. The number of hydrogen-bond donors (Lipinski definition) is 2. The first-order valence-corrected chi connectivity index (χ1v) is 7.96. The minimum atomic E-state index is -3.56. The minimum Gasteiger partial charge on any atom is -0.506 e. The van der Waals surface area contributed by atoms with Gasteiger partial charge < -0.3 is 5.11 Å². The van der Waals surface area contributed by atoms with Crippen molar-refractivity contribution in [3.8, 4) is 17.0 Å². The fraction of sp³-hybridized carbons (Fsp3) is 0.267. The third-order valence-electron chi connectivity index (χ3n) is 2.67. The number of sulfonamides is 1. The highest BCUT2D eigenvalue weighted by molar-refractivity contribution is 7.89. The van der Waals surface area contributed by atoms with Gasteiger partial charge in [0.25, 0.3) is 0 Å². The molecule has 5 nitrogen and oxygen atoms in total. The van der Waals surface area contributed by atoms with Crippen LogP contribution in [0, 0.1) is 0 Å².